The molecule has 17 heavy (non-hydrogen) atoms. The highest BCUT2D eigenvalue weighted by atomic mass is 16.5. The molecular weight excluding hydrogens is 224 g/mol. The van der Waals surface area contributed by atoms with E-state index in [1.54, 1.807) is 0 Å². The molecule has 1 aromatic rings. The van der Waals surface area contributed by atoms with Crippen molar-refractivity contribution in [3.63, 3.8) is 0 Å². The summed E-state index contributed by atoms with van der Waals surface area (Å²) in [6.45, 7) is 6.70. The molecule has 1 heterocycles. The molecule has 0 bridgehead atoms. The van der Waals surface area contributed by atoms with E-state index in [1.165, 1.54) is 0 Å². The van der Waals surface area contributed by atoms with E-state index >= 15 is 0 Å². The van der Waals surface area contributed by atoms with Crippen molar-refractivity contribution in [2.45, 2.75) is 20.4 Å². The second-order valence-corrected chi connectivity index (χ2v) is 3.15. The predicted octanol–water partition coefficient (Wildman–Crippen LogP) is -0.888. The van der Waals surface area contributed by atoms with E-state index in [2.05, 4.69) is 4.98 Å². The van der Waals surface area contributed by atoms with Crippen LogP contribution in [0, 0.1) is 0 Å². The van der Waals surface area contributed by atoms with Gasteiger partial charge in [0.05, 0.1) is 19.8 Å². The SMILES string of the molecule is CC(=O)[O-].CCOCCOCC[n+]1cc[nH]c1. The summed E-state index contributed by atoms with van der Waals surface area (Å²) in [5.74, 6) is -1.08. The molecule has 0 aliphatic rings. The molecule has 6 nitrogen and oxygen atoms in total. The first-order chi connectivity index (χ1) is 8.16. The number of aromatic amines is 1. The van der Waals surface area contributed by atoms with Crippen LogP contribution in [-0.4, -0.2) is 37.4 Å². The summed E-state index contributed by atoms with van der Waals surface area (Å²) in [6, 6.07) is 0. The summed E-state index contributed by atoms with van der Waals surface area (Å²) >= 11 is 0. The fourth-order valence-electron chi connectivity index (χ4n) is 0.994. The molecule has 1 rings (SSSR count). The first-order valence-electron chi connectivity index (χ1n) is 5.51. The number of nitrogens with zero attached hydrogens (tertiary/aromatic N) is 1. The highest BCUT2D eigenvalue weighted by Gasteiger charge is 1.95. The van der Waals surface area contributed by atoms with E-state index in [0.29, 0.717) is 13.2 Å². The zero-order valence-electron chi connectivity index (χ0n) is 10.3. The maximum absolute atomic E-state index is 8.89. The zero-order valence-corrected chi connectivity index (χ0v) is 10.3. The minimum Gasteiger partial charge on any atom is -0.550 e. The Labute approximate surface area is 101 Å². The number of H-pyrrole nitrogens is 1. The number of aliphatic carboxylic acids is 1. The van der Waals surface area contributed by atoms with E-state index in [-0.39, 0.29) is 0 Å². The molecule has 98 valence electrons. The molecule has 0 saturated carbocycles. The Kier molecular flexibility index (Phi) is 10.2. The second-order valence-electron chi connectivity index (χ2n) is 3.15. The number of carboxylic acids is 1. The van der Waals surface area contributed by atoms with Crippen LogP contribution in [0.15, 0.2) is 18.7 Å². The van der Waals surface area contributed by atoms with Crippen molar-refractivity contribution in [2.24, 2.45) is 0 Å². The van der Waals surface area contributed by atoms with Gasteiger partial charge < -0.3 is 19.4 Å². The topological polar surface area (TPSA) is 78.3 Å². The summed E-state index contributed by atoms with van der Waals surface area (Å²) in [4.78, 5) is 11.9. The van der Waals surface area contributed by atoms with Crippen LogP contribution in [0.2, 0.25) is 0 Å². The minimum absolute atomic E-state index is 0.679. The van der Waals surface area contributed by atoms with E-state index in [9.17, 15) is 0 Å². The first kappa shape index (κ1) is 15.6. The third kappa shape index (κ3) is 12.5. The largest absolute Gasteiger partial charge is 0.550 e. The number of hydrogen-bond donors (Lipinski definition) is 1. The summed E-state index contributed by atoms with van der Waals surface area (Å²) in [7, 11) is 0. The number of nitrogens with one attached hydrogen (secondary N) is 1. The lowest BCUT2D eigenvalue weighted by molar-refractivity contribution is -0.697. The number of imidazole rings is 1. The number of carbonyl (C=O) groups excluding carboxylic acids is 1. The summed E-state index contributed by atoms with van der Waals surface area (Å²) in [5.41, 5.74) is 0. The fourth-order valence-corrected chi connectivity index (χ4v) is 0.994. The van der Waals surface area contributed by atoms with Crippen LogP contribution >= 0.6 is 0 Å². The quantitative estimate of drug-likeness (QED) is 0.498. The van der Waals surface area contributed by atoms with Crippen LogP contribution in [0.3, 0.4) is 0 Å². The third-order valence-electron chi connectivity index (χ3n) is 1.67. The van der Waals surface area contributed by atoms with Crippen molar-refractivity contribution in [3.8, 4) is 0 Å². The van der Waals surface area contributed by atoms with Gasteiger partial charge in [-0.15, -0.1) is 0 Å². The Balaban J connectivity index is 0.000000557. The monoisotopic (exact) mass is 244 g/mol. The maximum Gasteiger partial charge on any atom is 0.241 e. The number of carbonyl (C=O) groups is 1. The molecule has 6 heteroatoms. The van der Waals surface area contributed by atoms with Crippen molar-refractivity contribution >= 4 is 5.97 Å². The molecule has 0 aliphatic heterocycles. The second kappa shape index (κ2) is 11.1. The van der Waals surface area contributed by atoms with E-state index in [4.69, 9.17) is 19.4 Å². The molecule has 0 atom stereocenters. The van der Waals surface area contributed by atoms with Crippen LogP contribution in [0.25, 0.3) is 0 Å². The van der Waals surface area contributed by atoms with Gasteiger partial charge in [-0.05, 0) is 13.8 Å². The molecule has 0 spiro atoms. The van der Waals surface area contributed by atoms with Gasteiger partial charge in [0.2, 0.25) is 6.33 Å². The molecule has 1 aromatic heterocycles. The average Bonchev–Trinajstić information content (AvgIpc) is 2.75. The van der Waals surface area contributed by atoms with Gasteiger partial charge in [-0.25, -0.2) is 4.57 Å². The molecule has 0 aromatic carbocycles. The van der Waals surface area contributed by atoms with Crippen molar-refractivity contribution in [1.82, 2.24) is 4.98 Å². The Morgan fingerprint density at radius 1 is 1.35 bits per heavy atom. The predicted molar refractivity (Wildman–Crippen MR) is 59.0 cm³/mol. The Morgan fingerprint density at radius 3 is 2.53 bits per heavy atom. The number of aromatic nitrogens is 2. The Morgan fingerprint density at radius 2 is 2.00 bits per heavy atom. The van der Waals surface area contributed by atoms with Gasteiger partial charge in [-0.1, -0.05) is 0 Å². The number of carboxylic acid groups (broad SMARTS) is 1. The van der Waals surface area contributed by atoms with Gasteiger partial charge in [0.15, 0.2) is 0 Å². The van der Waals surface area contributed by atoms with Gasteiger partial charge >= 0.3 is 0 Å². The van der Waals surface area contributed by atoms with E-state index < -0.39 is 5.97 Å². The fraction of sp³-hybridized carbons (Fsp3) is 0.636. The number of hydrogen-bond acceptors (Lipinski definition) is 4. The average molecular weight is 244 g/mol. The summed E-state index contributed by atoms with van der Waals surface area (Å²) in [5, 5.41) is 8.89. The normalized spacial score (nSPS) is 9.53. The summed E-state index contributed by atoms with van der Waals surface area (Å²) in [6.07, 6.45) is 5.78. The molecule has 0 unspecified atom stereocenters. The maximum atomic E-state index is 8.89. The molecule has 0 radical (unpaired) electrons. The van der Waals surface area contributed by atoms with Crippen LogP contribution < -0.4 is 9.67 Å². The van der Waals surface area contributed by atoms with Crippen molar-refractivity contribution in [3.05, 3.63) is 18.7 Å². The van der Waals surface area contributed by atoms with E-state index in [0.717, 1.165) is 26.7 Å². The molecule has 0 amide bonds. The van der Waals surface area contributed by atoms with Crippen molar-refractivity contribution < 1.29 is 23.9 Å². The molecule has 0 aliphatic carbocycles. The minimum atomic E-state index is -1.08. The lowest BCUT2D eigenvalue weighted by Crippen LogP contribution is -2.33. The highest BCUT2D eigenvalue weighted by Crippen LogP contribution is 1.78. The Hall–Kier alpha value is -1.40. The van der Waals surface area contributed by atoms with Gasteiger partial charge in [0.25, 0.3) is 0 Å². The number of ether oxygens (including phenoxy) is 2. The number of rotatable bonds is 7. The van der Waals surface area contributed by atoms with Gasteiger partial charge in [0.1, 0.15) is 18.9 Å². The zero-order chi connectivity index (χ0) is 12.9. The van der Waals surface area contributed by atoms with Gasteiger partial charge in [-0.2, -0.15) is 0 Å². The van der Waals surface area contributed by atoms with Gasteiger partial charge in [-0.3, -0.25) is 4.98 Å². The first-order valence-corrected chi connectivity index (χ1v) is 5.51. The lowest BCUT2D eigenvalue weighted by Gasteiger charge is -2.02. The summed E-state index contributed by atoms with van der Waals surface area (Å²) < 4.78 is 12.5. The van der Waals surface area contributed by atoms with Crippen LogP contribution in [-0.2, 0) is 20.8 Å². The smallest absolute Gasteiger partial charge is 0.241 e. The Bertz CT molecular complexity index is 271. The van der Waals surface area contributed by atoms with Crippen molar-refractivity contribution in [1.29, 1.82) is 0 Å². The molecule has 1 N–H and O–H groups in total. The standard InChI is InChI=1S/C9H16N2O2.C2H4O2/c1-2-12-7-8-13-6-5-11-4-3-10-9-11;1-2(3)4/h3-4,9H,2,5-8H2,1H3;1H3,(H,3,4). The third-order valence-corrected chi connectivity index (χ3v) is 1.67. The van der Waals surface area contributed by atoms with Crippen LogP contribution in [0.5, 0.6) is 0 Å². The van der Waals surface area contributed by atoms with Crippen LogP contribution in [0.4, 0.5) is 0 Å². The highest BCUT2D eigenvalue weighted by molar-refractivity contribution is 5.60. The molecule has 0 saturated heterocycles. The van der Waals surface area contributed by atoms with Crippen molar-refractivity contribution in [2.75, 3.05) is 26.4 Å². The lowest BCUT2D eigenvalue weighted by atomic mass is 10.6. The van der Waals surface area contributed by atoms with Crippen LogP contribution in [0.1, 0.15) is 13.8 Å². The molecular formula is C11H20N2O4. The molecule has 0 fully saturated rings. The van der Waals surface area contributed by atoms with E-state index in [1.807, 2.05) is 30.2 Å². The van der Waals surface area contributed by atoms with Gasteiger partial charge in [0, 0.05) is 12.6 Å².